The monoisotopic (exact) mass is 456 g/mol. The van der Waals surface area contributed by atoms with Crippen molar-refractivity contribution in [2.24, 2.45) is 0 Å². The SMILES string of the molecule is CCC1=[C](c2ccccc2)[Ge]([c]2ccccc2)([c]2ccccc2)[C]([Si](C)(C)C)=C1. The van der Waals surface area contributed by atoms with Gasteiger partial charge in [-0.2, -0.15) is 0 Å². The minimum absolute atomic E-state index is 1.09. The van der Waals surface area contributed by atoms with Crippen molar-refractivity contribution in [3.63, 3.8) is 0 Å². The molecule has 0 saturated heterocycles. The third-order valence-corrected chi connectivity index (χ3v) is 24.4. The fraction of sp³-hybridized carbons (Fsp3) is 0.185. The first-order chi connectivity index (χ1) is 14.0. The fourth-order valence-electron chi connectivity index (χ4n) is 4.94. The van der Waals surface area contributed by atoms with Gasteiger partial charge >= 0.3 is 180 Å². The summed E-state index contributed by atoms with van der Waals surface area (Å²) in [7, 11) is -1.56. The van der Waals surface area contributed by atoms with E-state index in [4.69, 9.17) is 0 Å². The zero-order valence-corrected chi connectivity index (χ0v) is 21.0. The molecule has 4 rings (SSSR count). The molecule has 0 unspecified atom stereocenters. The van der Waals surface area contributed by atoms with Crippen LogP contribution in [0.2, 0.25) is 19.6 Å². The predicted molar refractivity (Wildman–Crippen MR) is 133 cm³/mol. The molecule has 1 heterocycles. The fourth-order valence-corrected chi connectivity index (χ4v) is 26.2. The molecule has 0 spiro atoms. The van der Waals surface area contributed by atoms with Crippen molar-refractivity contribution >= 4 is 34.5 Å². The summed E-state index contributed by atoms with van der Waals surface area (Å²) in [4.78, 5) is 0. The predicted octanol–water partition coefficient (Wildman–Crippen LogP) is 6.01. The van der Waals surface area contributed by atoms with E-state index in [0.717, 1.165) is 6.42 Å². The van der Waals surface area contributed by atoms with Crippen LogP contribution >= 0.6 is 0 Å². The Balaban J connectivity index is 2.16. The summed E-state index contributed by atoms with van der Waals surface area (Å²) in [5.41, 5.74) is 2.97. The van der Waals surface area contributed by atoms with E-state index in [9.17, 15) is 0 Å². The number of benzene rings is 3. The maximum absolute atomic E-state index is 3.03. The summed E-state index contributed by atoms with van der Waals surface area (Å²) in [5.74, 6) is 0. The van der Waals surface area contributed by atoms with Crippen LogP contribution in [-0.4, -0.2) is 21.3 Å². The van der Waals surface area contributed by atoms with Crippen molar-refractivity contribution in [3.8, 4) is 0 Å². The van der Waals surface area contributed by atoms with Gasteiger partial charge in [-0.25, -0.2) is 0 Å². The Morgan fingerprint density at radius 1 is 0.655 bits per heavy atom. The Morgan fingerprint density at radius 2 is 1.10 bits per heavy atom. The van der Waals surface area contributed by atoms with Gasteiger partial charge in [0.05, 0.1) is 0 Å². The van der Waals surface area contributed by atoms with E-state index in [0.29, 0.717) is 0 Å². The van der Waals surface area contributed by atoms with E-state index in [2.05, 4.69) is 124 Å². The van der Waals surface area contributed by atoms with E-state index in [1.54, 1.807) is 22.8 Å². The van der Waals surface area contributed by atoms with E-state index in [-0.39, 0.29) is 0 Å². The van der Waals surface area contributed by atoms with E-state index < -0.39 is 21.3 Å². The molecule has 0 nitrogen and oxygen atoms in total. The van der Waals surface area contributed by atoms with Gasteiger partial charge in [-0.05, 0) is 0 Å². The normalized spacial score (nSPS) is 16.1. The molecule has 29 heavy (non-hydrogen) atoms. The van der Waals surface area contributed by atoms with E-state index >= 15 is 0 Å². The molecule has 0 aliphatic carbocycles. The number of rotatable bonds is 5. The van der Waals surface area contributed by atoms with Crippen LogP contribution in [0.1, 0.15) is 18.9 Å². The Kier molecular flexibility index (Phi) is 5.54. The topological polar surface area (TPSA) is 0 Å². The average Bonchev–Trinajstić information content (AvgIpc) is 3.12. The van der Waals surface area contributed by atoms with Crippen molar-refractivity contribution in [2.45, 2.75) is 33.0 Å². The molecule has 0 fully saturated rings. The molecule has 1 aliphatic heterocycles. The van der Waals surface area contributed by atoms with E-state index in [1.807, 2.05) is 0 Å². The zero-order valence-electron chi connectivity index (χ0n) is 17.9. The Bertz CT molecular complexity index is 1000. The van der Waals surface area contributed by atoms with Crippen LogP contribution in [0.4, 0.5) is 0 Å². The second kappa shape index (κ2) is 7.97. The molecule has 0 atom stereocenters. The van der Waals surface area contributed by atoms with Gasteiger partial charge in [0, 0.05) is 0 Å². The summed E-state index contributed by atoms with van der Waals surface area (Å²) < 4.78 is 6.58. The average molecular weight is 455 g/mol. The van der Waals surface area contributed by atoms with Crippen LogP contribution in [-0.2, 0) is 0 Å². The molecule has 1 aliphatic rings. The van der Waals surface area contributed by atoms with Crippen molar-refractivity contribution in [1.29, 1.82) is 0 Å². The molecule has 3 aromatic rings. The number of allylic oxidation sites excluding steroid dienone is 2. The van der Waals surface area contributed by atoms with Gasteiger partial charge in [0.2, 0.25) is 0 Å². The third kappa shape index (κ3) is 3.41. The second-order valence-electron chi connectivity index (χ2n) is 8.91. The van der Waals surface area contributed by atoms with Crippen LogP contribution in [0, 0.1) is 0 Å². The van der Waals surface area contributed by atoms with Crippen molar-refractivity contribution < 1.29 is 0 Å². The van der Waals surface area contributed by atoms with Crippen LogP contribution in [0.3, 0.4) is 0 Å². The molecule has 0 saturated carbocycles. The van der Waals surface area contributed by atoms with E-state index in [1.165, 1.54) is 5.56 Å². The Hall–Kier alpha value is -2.10. The van der Waals surface area contributed by atoms with Crippen LogP contribution in [0.5, 0.6) is 0 Å². The molecule has 3 aromatic carbocycles. The molecule has 146 valence electrons. The van der Waals surface area contributed by atoms with Gasteiger partial charge in [-0.3, -0.25) is 0 Å². The maximum atomic E-state index is 2.63. The van der Waals surface area contributed by atoms with Crippen LogP contribution < -0.4 is 8.79 Å². The second-order valence-corrected chi connectivity index (χ2v) is 22.7. The van der Waals surface area contributed by atoms with Gasteiger partial charge in [-0.15, -0.1) is 0 Å². The van der Waals surface area contributed by atoms with Gasteiger partial charge in [0.1, 0.15) is 0 Å². The zero-order chi connectivity index (χ0) is 20.5. The first kappa shape index (κ1) is 20.2. The quantitative estimate of drug-likeness (QED) is 0.414. The number of hydrogen-bond acceptors (Lipinski definition) is 0. The Labute approximate surface area is 179 Å². The molecular formula is C27H30GeSi. The summed E-state index contributed by atoms with van der Waals surface area (Å²) in [6.45, 7) is 9.93. The standard InChI is InChI=1S/C27H30GeSi/c1-5-22-21-26(29(2,3)4)28(24-17-11-7-12-18-24,25-19-13-8-14-20-25)27(22)23-15-9-6-10-16-23/h6-21H,5H2,1-4H3. The third-order valence-electron chi connectivity index (χ3n) is 6.08. The summed E-state index contributed by atoms with van der Waals surface area (Å²) in [6, 6.07) is 34.1. The van der Waals surface area contributed by atoms with Gasteiger partial charge < -0.3 is 0 Å². The first-order valence-electron chi connectivity index (χ1n) is 10.6. The minimum atomic E-state index is -3.03. The number of hydrogen-bond donors (Lipinski definition) is 0. The van der Waals surface area contributed by atoms with Crippen LogP contribution in [0.25, 0.3) is 4.41 Å². The Morgan fingerprint density at radius 3 is 1.52 bits per heavy atom. The molecule has 0 amide bonds. The molecule has 0 bridgehead atoms. The van der Waals surface area contributed by atoms with Crippen LogP contribution in [0.15, 0.2) is 107 Å². The van der Waals surface area contributed by atoms with Crippen molar-refractivity contribution in [1.82, 2.24) is 0 Å². The molecule has 0 radical (unpaired) electrons. The summed E-state index contributed by atoms with van der Waals surface area (Å²) >= 11 is -3.03. The molecular weight excluding hydrogens is 425 g/mol. The van der Waals surface area contributed by atoms with Crippen molar-refractivity contribution in [2.75, 3.05) is 0 Å². The first-order valence-corrected chi connectivity index (χ1v) is 18.3. The molecule has 2 heteroatoms. The molecule has 0 N–H and O–H groups in total. The summed E-state index contributed by atoms with van der Waals surface area (Å²) in [6.07, 6.45) is 3.72. The molecule has 0 aromatic heterocycles. The summed E-state index contributed by atoms with van der Waals surface area (Å²) in [5, 5.41) is 0. The van der Waals surface area contributed by atoms with Gasteiger partial charge in [-0.1, -0.05) is 0 Å². The van der Waals surface area contributed by atoms with Gasteiger partial charge in [0.15, 0.2) is 0 Å². The van der Waals surface area contributed by atoms with Crippen molar-refractivity contribution in [3.05, 3.63) is 112 Å². The van der Waals surface area contributed by atoms with Gasteiger partial charge in [0.25, 0.3) is 0 Å².